The number of rotatable bonds is 4. The van der Waals surface area contributed by atoms with Crippen molar-refractivity contribution in [1.29, 1.82) is 0 Å². The number of benzene rings is 1. The Morgan fingerprint density at radius 3 is 2.74 bits per heavy atom. The van der Waals surface area contributed by atoms with E-state index in [-0.39, 0.29) is 17.9 Å². The van der Waals surface area contributed by atoms with Gasteiger partial charge in [0.2, 0.25) is 5.91 Å². The molecule has 3 N–H and O–H groups in total. The molecule has 0 radical (unpaired) electrons. The Kier molecular flexibility index (Phi) is 5.16. The van der Waals surface area contributed by atoms with E-state index in [0.29, 0.717) is 29.0 Å². The summed E-state index contributed by atoms with van der Waals surface area (Å²) >= 11 is 0. The van der Waals surface area contributed by atoms with Crippen molar-refractivity contribution in [1.82, 2.24) is 10.3 Å². The molecule has 1 aliphatic heterocycles. The van der Waals surface area contributed by atoms with Gasteiger partial charge in [0, 0.05) is 23.5 Å². The van der Waals surface area contributed by atoms with Crippen LogP contribution in [0.4, 0.5) is 11.5 Å². The minimum absolute atomic E-state index is 0.0216. The maximum absolute atomic E-state index is 12.6. The molecule has 0 spiro atoms. The van der Waals surface area contributed by atoms with E-state index >= 15 is 0 Å². The number of nitrogens with zero attached hydrogens (tertiary/aromatic N) is 1. The van der Waals surface area contributed by atoms with Gasteiger partial charge in [-0.05, 0) is 55.5 Å². The minimum Gasteiger partial charge on any atom is -0.325 e. The summed E-state index contributed by atoms with van der Waals surface area (Å²) in [5.41, 5.74) is 1.11. The highest BCUT2D eigenvalue weighted by atomic mass is 16.2. The van der Waals surface area contributed by atoms with Crippen LogP contribution in [0.1, 0.15) is 42.5 Å². The second kappa shape index (κ2) is 7.88. The van der Waals surface area contributed by atoms with Gasteiger partial charge >= 0.3 is 0 Å². The molecule has 2 heterocycles. The maximum Gasteiger partial charge on any atom is 0.256 e. The number of pyridine rings is 1. The molecule has 1 saturated heterocycles. The number of fused-ring (bicyclic) bond motifs is 1. The zero-order valence-corrected chi connectivity index (χ0v) is 15.2. The lowest BCUT2D eigenvalue weighted by Gasteiger charge is -2.24. The summed E-state index contributed by atoms with van der Waals surface area (Å²) in [6.45, 7) is 0. The molecule has 2 fully saturated rings. The van der Waals surface area contributed by atoms with E-state index in [1.54, 1.807) is 42.6 Å². The Morgan fingerprint density at radius 1 is 1.04 bits per heavy atom. The van der Waals surface area contributed by atoms with E-state index in [9.17, 15) is 9.59 Å². The molecule has 1 saturated carbocycles. The number of carbonyl (C=O) groups is 2. The number of hydrogen-bond acceptors (Lipinski definition) is 4. The molecule has 3 unspecified atom stereocenters. The topological polar surface area (TPSA) is 83.1 Å². The average Bonchev–Trinajstić information content (AvgIpc) is 3.13. The van der Waals surface area contributed by atoms with Gasteiger partial charge in [-0.1, -0.05) is 25.0 Å². The van der Waals surface area contributed by atoms with E-state index < -0.39 is 0 Å². The molecule has 1 aromatic heterocycles. The van der Waals surface area contributed by atoms with Crippen LogP contribution in [0.5, 0.6) is 0 Å². The smallest absolute Gasteiger partial charge is 0.256 e. The van der Waals surface area contributed by atoms with Crippen molar-refractivity contribution >= 4 is 23.3 Å². The summed E-state index contributed by atoms with van der Waals surface area (Å²) in [4.78, 5) is 29.1. The minimum atomic E-state index is -0.255. The first-order chi connectivity index (χ1) is 13.2. The van der Waals surface area contributed by atoms with Gasteiger partial charge in [0.1, 0.15) is 5.82 Å². The second-order valence-corrected chi connectivity index (χ2v) is 7.35. The summed E-state index contributed by atoms with van der Waals surface area (Å²) in [5.74, 6) is 0.834. The first kappa shape index (κ1) is 17.7. The lowest BCUT2D eigenvalue weighted by atomic mass is 9.85. The van der Waals surface area contributed by atoms with Crippen LogP contribution in [-0.4, -0.2) is 28.9 Å². The van der Waals surface area contributed by atoms with Crippen molar-refractivity contribution in [3.05, 3.63) is 54.2 Å². The number of aromatic nitrogens is 1. The lowest BCUT2D eigenvalue weighted by Crippen LogP contribution is -2.39. The third kappa shape index (κ3) is 4.17. The fourth-order valence-corrected chi connectivity index (χ4v) is 4.11. The molecule has 6 nitrogen and oxygen atoms in total. The van der Waals surface area contributed by atoms with Crippen LogP contribution >= 0.6 is 0 Å². The van der Waals surface area contributed by atoms with Crippen LogP contribution in [0.3, 0.4) is 0 Å². The molecule has 1 aromatic carbocycles. The molecular weight excluding hydrogens is 340 g/mol. The van der Waals surface area contributed by atoms with Gasteiger partial charge in [0.05, 0.1) is 6.04 Å². The van der Waals surface area contributed by atoms with Crippen LogP contribution in [0.2, 0.25) is 0 Å². The molecule has 0 bridgehead atoms. The normalized spacial score (nSPS) is 24.1. The van der Waals surface area contributed by atoms with Gasteiger partial charge in [-0.25, -0.2) is 4.98 Å². The van der Waals surface area contributed by atoms with Gasteiger partial charge in [0.25, 0.3) is 5.91 Å². The number of hydrogen-bond donors (Lipinski definition) is 3. The Balaban J connectivity index is 1.39. The molecular formula is C21H24N4O2. The summed E-state index contributed by atoms with van der Waals surface area (Å²) < 4.78 is 0. The highest BCUT2D eigenvalue weighted by Crippen LogP contribution is 2.33. The van der Waals surface area contributed by atoms with Gasteiger partial charge in [0.15, 0.2) is 0 Å². The fourth-order valence-electron chi connectivity index (χ4n) is 4.11. The Bertz CT molecular complexity index is 810. The lowest BCUT2D eigenvalue weighted by molar-refractivity contribution is -0.117. The summed E-state index contributed by atoms with van der Waals surface area (Å²) in [6, 6.07) is 12.6. The van der Waals surface area contributed by atoms with Crippen LogP contribution in [-0.2, 0) is 4.79 Å². The second-order valence-electron chi connectivity index (χ2n) is 7.35. The molecule has 140 valence electrons. The van der Waals surface area contributed by atoms with Crippen LogP contribution in [0, 0.1) is 5.92 Å². The van der Waals surface area contributed by atoms with Crippen molar-refractivity contribution in [3.63, 3.8) is 0 Å². The highest BCUT2D eigenvalue weighted by Gasteiger charge is 2.38. The van der Waals surface area contributed by atoms with Crippen molar-refractivity contribution in [2.75, 3.05) is 10.6 Å². The number of amides is 2. The van der Waals surface area contributed by atoms with Crippen LogP contribution in [0.25, 0.3) is 0 Å². The fraction of sp³-hybridized carbons (Fsp3) is 0.381. The number of anilines is 2. The third-order valence-corrected chi connectivity index (χ3v) is 5.48. The monoisotopic (exact) mass is 364 g/mol. The summed E-state index contributed by atoms with van der Waals surface area (Å²) in [5, 5.41) is 9.19. The molecule has 3 atom stereocenters. The Hall–Kier alpha value is -2.73. The highest BCUT2D eigenvalue weighted by molar-refractivity contribution is 6.05. The maximum atomic E-state index is 12.6. The molecule has 1 aliphatic carbocycles. The first-order valence-corrected chi connectivity index (χ1v) is 9.58. The SMILES string of the molecule is O=C(Nc1ccccn1)c1cccc(NC(=O)C2CC3CCCCC3N2)c1. The average molecular weight is 364 g/mol. The first-order valence-electron chi connectivity index (χ1n) is 9.58. The zero-order valence-electron chi connectivity index (χ0n) is 15.2. The van der Waals surface area contributed by atoms with Gasteiger partial charge in [-0.3, -0.25) is 9.59 Å². The van der Waals surface area contributed by atoms with E-state index in [2.05, 4.69) is 20.9 Å². The Labute approximate surface area is 158 Å². The molecule has 2 aliphatic rings. The van der Waals surface area contributed by atoms with E-state index in [0.717, 1.165) is 12.8 Å². The van der Waals surface area contributed by atoms with Crippen molar-refractivity contribution in [2.45, 2.75) is 44.2 Å². The predicted molar refractivity (Wildman–Crippen MR) is 105 cm³/mol. The molecule has 27 heavy (non-hydrogen) atoms. The molecule has 2 amide bonds. The molecule has 6 heteroatoms. The number of carbonyl (C=O) groups excluding carboxylic acids is 2. The predicted octanol–water partition coefficient (Wildman–Crippen LogP) is 3.19. The summed E-state index contributed by atoms with van der Waals surface area (Å²) in [6.07, 6.45) is 7.41. The van der Waals surface area contributed by atoms with Crippen molar-refractivity contribution in [2.24, 2.45) is 5.92 Å². The Morgan fingerprint density at radius 2 is 1.93 bits per heavy atom. The van der Waals surface area contributed by atoms with E-state index in [1.165, 1.54) is 19.3 Å². The van der Waals surface area contributed by atoms with Gasteiger partial charge < -0.3 is 16.0 Å². The third-order valence-electron chi connectivity index (χ3n) is 5.48. The van der Waals surface area contributed by atoms with Gasteiger partial charge in [-0.2, -0.15) is 0 Å². The largest absolute Gasteiger partial charge is 0.325 e. The van der Waals surface area contributed by atoms with Crippen molar-refractivity contribution < 1.29 is 9.59 Å². The van der Waals surface area contributed by atoms with Crippen molar-refractivity contribution in [3.8, 4) is 0 Å². The summed E-state index contributed by atoms with van der Waals surface area (Å²) in [7, 11) is 0. The van der Waals surface area contributed by atoms with Crippen LogP contribution < -0.4 is 16.0 Å². The molecule has 2 aromatic rings. The zero-order chi connectivity index (χ0) is 18.6. The van der Waals surface area contributed by atoms with Crippen LogP contribution in [0.15, 0.2) is 48.7 Å². The van der Waals surface area contributed by atoms with Gasteiger partial charge in [-0.15, -0.1) is 0 Å². The van der Waals surface area contributed by atoms with E-state index in [4.69, 9.17) is 0 Å². The number of nitrogens with one attached hydrogen (secondary N) is 3. The molecule has 4 rings (SSSR count). The quantitative estimate of drug-likeness (QED) is 0.778. The standard InChI is InChI=1S/C21H24N4O2/c26-20(25-19-10-3-4-11-22-19)15-7-5-8-16(12-15)23-21(27)18-13-14-6-1-2-9-17(14)24-18/h3-5,7-8,10-12,14,17-18,24H,1-2,6,9,13H2,(H,23,27)(H,22,25,26). The van der Waals surface area contributed by atoms with E-state index in [1.807, 2.05) is 6.07 Å².